The average Bonchev–Trinajstić information content (AvgIpc) is 2.85. The first kappa shape index (κ1) is 15.4. The van der Waals surface area contributed by atoms with E-state index in [-0.39, 0.29) is 22.9 Å². The van der Waals surface area contributed by atoms with Crippen molar-refractivity contribution in [1.29, 1.82) is 0 Å². The zero-order valence-corrected chi connectivity index (χ0v) is 14.2. The molecule has 0 aromatic rings. The number of aliphatic hydroxyl groups is 1. The number of fused-ring (bicyclic) bond motifs is 5. The Bertz CT molecular complexity index is 604. The number of carboxylic acids is 1. The van der Waals surface area contributed by atoms with Crippen molar-refractivity contribution >= 4 is 5.97 Å². The molecule has 3 heteroatoms. The summed E-state index contributed by atoms with van der Waals surface area (Å²) < 4.78 is 0. The summed E-state index contributed by atoms with van der Waals surface area (Å²) in [4.78, 5) is 11.7. The molecule has 3 fully saturated rings. The second-order valence-electron chi connectivity index (χ2n) is 8.79. The Kier molecular flexibility index (Phi) is 3.32. The summed E-state index contributed by atoms with van der Waals surface area (Å²) in [5.74, 6) is 0.207. The molecule has 0 heterocycles. The van der Waals surface area contributed by atoms with Gasteiger partial charge < -0.3 is 10.2 Å². The van der Waals surface area contributed by atoms with Crippen LogP contribution in [0.15, 0.2) is 23.3 Å². The number of hydrogen-bond donors (Lipinski definition) is 2. The summed E-state index contributed by atoms with van der Waals surface area (Å²) in [6.07, 6.45) is 11.1. The molecule has 0 spiro atoms. The van der Waals surface area contributed by atoms with Gasteiger partial charge in [-0.05, 0) is 67.6 Å². The van der Waals surface area contributed by atoms with E-state index in [2.05, 4.69) is 26.0 Å². The second kappa shape index (κ2) is 4.95. The third kappa shape index (κ3) is 2.02. The summed E-state index contributed by atoms with van der Waals surface area (Å²) in [5.41, 5.74) is 3.06. The summed E-state index contributed by atoms with van der Waals surface area (Å²) in [6, 6.07) is 0. The Morgan fingerprint density at radius 2 is 1.87 bits per heavy atom. The molecule has 3 saturated carbocycles. The predicted octanol–water partition coefficient (Wildman–Crippen LogP) is 3.93. The minimum absolute atomic E-state index is 0.0654. The molecule has 0 saturated heterocycles. The maximum absolute atomic E-state index is 11.7. The molecule has 4 aliphatic rings. The van der Waals surface area contributed by atoms with Gasteiger partial charge in [0.1, 0.15) is 0 Å². The molecule has 126 valence electrons. The van der Waals surface area contributed by atoms with E-state index in [0.29, 0.717) is 11.8 Å². The first-order valence-electron chi connectivity index (χ1n) is 9.18. The number of aliphatic carboxylic acids is 1. The summed E-state index contributed by atoms with van der Waals surface area (Å²) in [6.45, 7) is 4.60. The van der Waals surface area contributed by atoms with Crippen LogP contribution in [-0.2, 0) is 4.79 Å². The molecule has 4 aliphatic carbocycles. The van der Waals surface area contributed by atoms with Crippen molar-refractivity contribution in [2.75, 3.05) is 0 Å². The quantitative estimate of drug-likeness (QED) is 0.770. The van der Waals surface area contributed by atoms with Crippen LogP contribution < -0.4 is 0 Å². The molecule has 0 amide bonds. The van der Waals surface area contributed by atoms with Crippen molar-refractivity contribution in [1.82, 2.24) is 0 Å². The van der Waals surface area contributed by atoms with E-state index in [1.807, 2.05) is 0 Å². The lowest BCUT2D eigenvalue weighted by molar-refractivity contribution is -0.146. The monoisotopic (exact) mass is 316 g/mol. The number of aliphatic hydroxyl groups excluding tert-OH is 1. The second-order valence-corrected chi connectivity index (χ2v) is 8.79. The van der Waals surface area contributed by atoms with Gasteiger partial charge in [0.2, 0.25) is 0 Å². The van der Waals surface area contributed by atoms with Crippen molar-refractivity contribution in [3.05, 3.63) is 23.3 Å². The molecule has 3 nitrogen and oxygen atoms in total. The molecule has 0 aromatic heterocycles. The van der Waals surface area contributed by atoms with Gasteiger partial charge in [0.15, 0.2) is 0 Å². The lowest BCUT2D eigenvalue weighted by atomic mass is 9.50. The number of carbonyl (C=O) groups is 1. The first-order valence-corrected chi connectivity index (χ1v) is 9.18. The summed E-state index contributed by atoms with van der Waals surface area (Å²) in [5, 5.41) is 19.6. The van der Waals surface area contributed by atoms with Crippen LogP contribution in [0, 0.1) is 28.6 Å². The molecule has 2 unspecified atom stereocenters. The lowest BCUT2D eigenvalue weighted by Crippen LogP contribution is -2.46. The molecule has 0 bridgehead atoms. The van der Waals surface area contributed by atoms with Gasteiger partial charge in [-0.2, -0.15) is 0 Å². The van der Waals surface area contributed by atoms with Crippen molar-refractivity contribution in [3.8, 4) is 0 Å². The van der Waals surface area contributed by atoms with Gasteiger partial charge in [-0.15, -0.1) is 0 Å². The molecule has 0 aliphatic heterocycles. The Hall–Kier alpha value is -1.09. The molecular weight excluding hydrogens is 288 g/mol. The van der Waals surface area contributed by atoms with Gasteiger partial charge >= 0.3 is 5.97 Å². The highest BCUT2D eigenvalue weighted by molar-refractivity contribution is 5.72. The minimum atomic E-state index is -0.604. The van der Waals surface area contributed by atoms with Crippen LogP contribution in [0.4, 0.5) is 0 Å². The Labute approximate surface area is 138 Å². The zero-order valence-electron chi connectivity index (χ0n) is 14.2. The van der Waals surface area contributed by atoms with Crippen LogP contribution >= 0.6 is 0 Å². The third-order valence-corrected chi connectivity index (χ3v) is 7.84. The van der Waals surface area contributed by atoms with Crippen LogP contribution in [0.2, 0.25) is 0 Å². The van der Waals surface area contributed by atoms with E-state index < -0.39 is 5.97 Å². The van der Waals surface area contributed by atoms with Gasteiger partial charge in [-0.25, -0.2) is 0 Å². The van der Waals surface area contributed by atoms with Crippen LogP contribution in [0.25, 0.3) is 0 Å². The Morgan fingerprint density at radius 3 is 2.61 bits per heavy atom. The number of carboxylic acid groups (broad SMARTS) is 1. The van der Waals surface area contributed by atoms with E-state index >= 15 is 0 Å². The van der Waals surface area contributed by atoms with Gasteiger partial charge in [0, 0.05) is 0 Å². The zero-order chi connectivity index (χ0) is 16.4. The largest absolute Gasteiger partial charge is 0.481 e. The standard InChI is InChI=1S/C20H28O3/c1-19-9-7-13(21)11-12(19)3-4-14-15-5-6-17(18(22)23)20(15,2)10-8-16(14)19/h3-4,13,15-17,21H,5-11H2,1-2H3,(H,22,23)/t13?,15-,16-,17?,19-,20-/m0/s1. The highest BCUT2D eigenvalue weighted by Crippen LogP contribution is 2.64. The number of hydrogen-bond acceptors (Lipinski definition) is 2. The van der Waals surface area contributed by atoms with Gasteiger partial charge in [0.25, 0.3) is 0 Å². The first-order chi connectivity index (χ1) is 10.9. The fraction of sp³-hybridized carbons (Fsp3) is 0.750. The van der Waals surface area contributed by atoms with Crippen molar-refractivity contribution in [3.63, 3.8) is 0 Å². The Balaban J connectivity index is 1.72. The molecule has 4 rings (SSSR count). The van der Waals surface area contributed by atoms with Gasteiger partial charge in [-0.1, -0.05) is 37.1 Å². The maximum atomic E-state index is 11.7. The van der Waals surface area contributed by atoms with Gasteiger partial charge in [0.05, 0.1) is 12.0 Å². The van der Waals surface area contributed by atoms with E-state index in [1.54, 1.807) is 0 Å². The van der Waals surface area contributed by atoms with Crippen LogP contribution in [-0.4, -0.2) is 22.3 Å². The molecule has 0 aromatic carbocycles. The average molecular weight is 316 g/mol. The predicted molar refractivity (Wildman–Crippen MR) is 88.8 cm³/mol. The molecular formula is C20H28O3. The van der Waals surface area contributed by atoms with Crippen molar-refractivity contribution < 1.29 is 15.0 Å². The van der Waals surface area contributed by atoms with E-state index in [4.69, 9.17) is 0 Å². The van der Waals surface area contributed by atoms with Crippen molar-refractivity contribution in [2.24, 2.45) is 28.6 Å². The smallest absolute Gasteiger partial charge is 0.307 e. The number of allylic oxidation sites excluding steroid dienone is 3. The molecule has 6 atom stereocenters. The van der Waals surface area contributed by atoms with E-state index in [9.17, 15) is 15.0 Å². The summed E-state index contributed by atoms with van der Waals surface area (Å²) >= 11 is 0. The normalized spacial score (nSPS) is 48.7. The summed E-state index contributed by atoms with van der Waals surface area (Å²) in [7, 11) is 0. The highest BCUT2D eigenvalue weighted by Gasteiger charge is 2.57. The SMILES string of the molecule is C[C@]12CCC(O)CC1=CC=C1[C@@H]2CC[C@]2(C)C(C(=O)O)CC[C@@H]12. The Morgan fingerprint density at radius 1 is 1.09 bits per heavy atom. The third-order valence-electron chi connectivity index (χ3n) is 7.84. The maximum Gasteiger partial charge on any atom is 0.307 e. The van der Waals surface area contributed by atoms with Crippen LogP contribution in [0.1, 0.15) is 58.8 Å². The van der Waals surface area contributed by atoms with Crippen LogP contribution in [0.5, 0.6) is 0 Å². The van der Waals surface area contributed by atoms with Crippen molar-refractivity contribution in [2.45, 2.75) is 64.9 Å². The molecule has 0 radical (unpaired) electrons. The van der Waals surface area contributed by atoms with E-state index in [0.717, 1.165) is 44.9 Å². The number of rotatable bonds is 1. The minimum Gasteiger partial charge on any atom is -0.481 e. The van der Waals surface area contributed by atoms with E-state index in [1.165, 1.54) is 11.1 Å². The molecule has 2 N–H and O–H groups in total. The van der Waals surface area contributed by atoms with Gasteiger partial charge in [-0.3, -0.25) is 4.79 Å². The highest BCUT2D eigenvalue weighted by atomic mass is 16.4. The lowest BCUT2D eigenvalue weighted by Gasteiger charge is -2.54. The fourth-order valence-corrected chi connectivity index (χ4v) is 6.39. The topological polar surface area (TPSA) is 57.5 Å². The molecule has 23 heavy (non-hydrogen) atoms. The van der Waals surface area contributed by atoms with Crippen LogP contribution in [0.3, 0.4) is 0 Å². The fourth-order valence-electron chi connectivity index (χ4n) is 6.39.